The van der Waals surface area contributed by atoms with Crippen LogP contribution < -0.4 is 5.32 Å². The molecule has 0 amide bonds. The van der Waals surface area contributed by atoms with E-state index in [1.807, 2.05) is 0 Å². The Hall–Kier alpha value is -0.160. The SMILES string of the molecule is CCCCCOCCCNCCC(N1CCCC1)N1CCCC1. The zero-order chi connectivity index (χ0) is 16.2. The van der Waals surface area contributed by atoms with E-state index < -0.39 is 0 Å². The lowest BCUT2D eigenvalue weighted by Gasteiger charge is -2.35. The highest BCUT2D eigenvalue weighted by Crippen LogP contribution is 2.21. The van der Waals surface area contributed by atoms with Gasteiger partial charge in [-0.25, -0.2) is 0 Å². The van der Waals surface area contributed by atoms with Crippen LogP contribution in [0.5, 0.6) is 0 Å². The van der Waals surface area contributed by atoms with Crippen molar-refractivity contribution < 1.29 is 4.74 Å². The van der Waals surface area contributed by atoms with Crippen LogP contribution in [0.3, 0.4) is 0 Å². The Morgan fingerprint density at radius 3 is 2.04 bits per heavy atom. The van der Waals surface area contributed by atoms with Crippen LogP contribution in [0.4, 0.5) is 0 Å². The van der Waals surface area contributed by atoms with Crippen LogP contribution in [0.2, 0.25) is 0 Å². The highest BCUT2D eigenvalue weighted by molar-refractivity contribution is 4.81. The third-order valence-corrected chi connectivity index (χ3v) is 5.24. The van der Waals surface area contributed by atoms with Crippen molar-refractivity contribution in [3.63, 3.8) is 0 Å². The lowest BCUT2D eigenvalue weighted by molar-refractivity contribution is 0.0718. The van der Waals surface area contributed by atoms with E-state index in [0.717, 1.165) is 32.7 Å². The average Bonchev–Trinajstić information content (AvgIpc) is 3.26. The highest BCUT2D eigenvalue weighted by atomic mass is 16.5. The molecule has 0 aliphatic carbocycles. The van der Waals surface area contributed by atoms with Gasteiger partial charge in [-0.05, 0) is 84.2 Å². The predicted octanol–water partition coefficient (Wildman–Crippen LogP) is 3.08. The fraction of sp³-hybridized carbons (Fsp3) is 1.00. The van der Waals surface area contributed by atoms with Gasteiger partial charge in [-0.1, -0.05) is 19.8 Å². The van der Waals surface area contributed by atoms with E-state index in [1.54, 1.807) is 0 Å². The summed E-state index contributed by atoms with van der Waals surface area (Å²) in [7, 11) is 0. The van der Waals surface area contributed by atoms with Crippen LogP contribution in [0.1, 0.15) is 64.7 Å². The minimum absolute atomic E-state index is 0.692. The van der Waals surface area contributed by atoms with Crippen molar-refractivity contribution in [1.29, 1.82) is 0 Å². The molecule has 0 bridgehead atoms. The Morgan fingerprint density at radius 1 is 0.826 bits per heavy atom. The number of ether oxygens (including phenoxy) is 1. The van der Waals surface area contributed by atoms with Crippen molar-refractivity contribution in [2.45, 2.75) is 70.9 Å². The summed E-state index contributed by atoms with van der Waals surface area (Å²) in [6, 6.07) is 0. The van der Waals surface area contributed by atoms with Crippen molar-refractivity contribution in [2.75, 3.05) is 52.5 Å². The third-order valence-electron chi connectivity index (χ3n) is 5.24. The summed E-state index contributed by atoms with van der Waals surface area (Å²) in [6.45, 7) is 11.6. The van der Waals surface area contributed by atoms with Gasteiger partial charge in [0.1, 0.15) is 0 Å². The Kier molecular flexibility index (Phi) is 10.2. The number of nitrogens with one attached hydrogen (secondary N) is 1. The summed E-state index contributed by atoms with van der Waals surface area (Å²) in [6.07, 6.45) is 12.5. The van der Waals surface area contributed by atoms with Gasteiger partial charge in [-0.2, -0.15) is 0 Å². The van der Waals surface area contributed by atoms with Gasteiger partial charge >= 0.3 is 0 Å². The lowest BCUT2D eigenvalue weighted by Crippen LogP contribution is -2.47. The van der Waals surface area contributed by atoms with Crippen LogP contribution in [-0.2, 0) is 4.74 Å². The smallest absolute Gasteiger partial charge is 0.0634 e. The summed E-state index contributed by atoms with van der Waals surface area (Å²) >= 11 is 0. The van der Waals surface area contributed by atoms with Gasteiger partial charge in [0.25, 0.3) is 0 Å². The van der Waals surface area contributed by atoms with Gasteiger partial charge in [0.2, 0.25) is 0 Å². The molecule has 0 aromatic carbocycles. The molecule has 0 aromatic heterocycles. The van der Waals surface area contributed by atoms with Crippen molar-refractivity contribution in [1.82, 2.24) is 15.1 Å². The molecule has 2 fully saturated rings. The summed E-state index contributed by atoms with van der Waals surface area (Å²) in [5, 5.41) is 3.63. The van der Waals surface area contributed by atoms with Crippen LogP contribution in [0.15, 0.2) is 0 Å². The summed E-state index contributed by atoms with van der Waals surface area (Å²) in [5.74, 6) is 0. The first kappa shape index (κ1) is 19.2. The van der Waals surface area contributed by atoms with E-state index in [0.29, 0.717) is 6.17 Å². The van der Waals surface area contributed by atoms with E-state index in [1.165, 1.54) is 77.5 Å². The Bertz CT molecular complexity index is 260. The molecule has 2 aliphatic heterocycles. The summed E-state index contributed by atoms with van der Waals surface area (Å²) < 4.78 is 5.67. The molecule has 2 aliphatic rings. The largest absolute Gasteiger partial charge is 0.381 e. The van der Waals surface area contributed by atoms with Crippen LogP contribution in [0.25, 0.3) is 0 Å². The van der Waals surface area contributed by atoms with Gasteiger partial charge in [0.05, 0.1) is 6.17 Å². The maximum Gasteiger partial charge on any atom is 0.0634 e. The maximum atomic E-state index is 5.67. The molecule has 0 saturated carbocycles. The summed E-state index contributed by atoms with van der Waals surface area (Å²) in [4.78, 5) is 5.45. The molecule has 0 atom stereocenters. The highest BCUT2D eigenvalue weighted by Gasteiger charge is 2.28. The van der Waals surface area contributed by atoms with Gasteiger partial charge in [0, 0.05) is 13.2 Å². The standard InChI is InChI=1S/C19H39N3O/c1-2-3-8-17-23-18-9-11-20-12-10-19(21-13-4-5-14-21)22-15-6-7-16-22/h19-20H,2-18H2,1H3. The maximum absolute atomic E-state index is 5.67. The van der Waals surface area contributed by atoms with Gasteiger partial charge in [-0.3, -0.25) is 9.80 Å². The molecule has 136 valence electrons. The van der Waals surface area contributed by atoms with Crippen molar-refractivity contribution in [2.24, 2.45) is 0 Å². The minimum Gasteiger partial charge on any atom is -0.381 e. The first-order valence-corrected chi connectivity index (χ1v) is 10.2. The molecule has 0 radical (unpaired) electrons. The Balaban J connectivity index is 1.50. The third kappa shape index (κ3) is 7.51. The predicted molar refractivity (Wildman–Crippen MR) is 97.8 cm³/mol. The number of hydrogen-bond acceptors (Lipinski definition) is 4. The van der Waals surface area contributed by atoms with Crippen LogP contribution in [-0.4, -0.2) is 68.4 Å². The zero-order valence-electron chi connectivity index (χ0n) is 15.4. The minimum atomic E-state index is 0.692. The normalized spacial score (nSPS) is 20.1. The molecular formula is C19H39N3O. The topological polar surface area (TPSA) is 27.7 Å². The van der Waals surface area contributed by atoms with E-state index in [2.05, 4.69) is 22.0 Å². The second kappa shape index (κ2) is 12.2. The first-order chi connectivity index (χ1) is 11.4. The van der Waals surface area contributed by atoms with Crippen LogP contribution in [0, 0.1) is 0 Å². The first-order valence-electron chi connectivity index (χ1n) is 10.2. The van der Waals surface area contributed by atoms with Crippen molar-refractivity contribution in [3.8, 4) is 0 Å². The molecule has 0 spiro atoms. The average molecular weight is 326 g/mol. The molecule has 2 heterocycles. The summed E-state index contributed by atoms with van der Waals surface area (Å²) in [5.41, 5.74) is 0. The molecule has 0 aromatic rings. The number of unbranched alkanes of at least 4 members (excludes halogenated alkanes) is 2. The fourth-order valence-corrected chi connectivity index (χ4v) is 3.89. The molecule has 2 saturated heterocycles. The number of rotatable bonds is 13. The zero-order valence-corrected chi connectivity index (χ0v) is 15.4. The van der Waals surface area contributed by atoms with E-state index >= 15 is 0 Å². The van der Waals surface area contributed by atoms with Gasteiger partial charge in [0.15, 0.2) is 0 Å². The second-order valence-electron chi connectivity index (χ2n) is 7.18. The molecule has 4 nitrogen and oxygen atoms in total. The number of hydrogen-bond donors (Lipinski definition) is 1. The van der Waals surface area contributed by atoms with Gasteiger partial charge < -0.3 is 10.1 Å². The van der Waals surface area contributed by atoms with Crippen molar-refractivity contribution in [3.05, 3.63) is 0 Å². The lowest BCUT2D eigenvalue weighted by atomic mass is 10.2. The molecule has 2 rings (SSSR count). The molecule has 0 unspecified atom stereocenters. The fourth-order valence-electron chi connectivity index (χ4n) is 3.89. The second-order valence-corrected chi connectivity index (χ2v) is 7.18. The number of likely N-dealkylation sites (tertiary alicyclic amines) is 2. The quantitative estimate of drug-likeness (QED) is 0.527. The monoisotopic (exact) mass is 325 g/mol. The Labute approximate surface area is 143 Å². The molecule has 4 heteroatoms. The number of nitrogens with zero attached hydrogens (tertiary/aromatic N) is 2. The van der Waals surface area contributed by atoms with E-state index in [-0.39, 0.29) is 0 Å². The Morgan fingerprint density at radius 2 is 1.43 bits per heavy atom. The molecular weight excluding hydrogens is 286 g/mol. The van der Waals surface area contributed by atoms with Crippen molar-refractivity contribution >= 4 is 0 Å². The van der Waals surface area contributed by atoms with Crippen LogP contribution >= 0.6 is 0 Å². The molecule has 23 heavy (non-hydrogen) atoms. The van der Waals surface area contributed by atoms with Gasteiger partial charge in [-0.15, -0.1) is 0 Å². The molecule has 1 N–H and O–H groups in total. The van der Waals surface area contributed by atoms with E-state index in [9.17, 15) is 0 Å². The van der Waals surface area contributed by atoms with E-state index in [4.69, 9.17) is 4.74 Å².